The van der Waals surface area contributed by atoms with Gasteiger partial charge < -0.3 is 10.3 Å². The van der Waals surface area contributed by atoms with Crippen molar-refractivity contribution < 1.29 is 0 Å². The van der Waals surface area contributed by atoms with E-state index >= 15 is 0 Å². The Hall–Kier alpha value is -1.35. The first-order valence-corrected chi connectivity index (χ1v) is 8.10. The molecular weight excluding hydrogens is 246 g/mol. The maximum absolute atomic E-state index is 4.78. The lowest BCUT2D eigenvalue weighted by atomic mass is 9.93. The van der Waals surface area contributed by atoms with Crippen LogP contribution in [0.1, 0.15) is 62.3 Å². The normalized spacial score (nSPS) is 20.6. The molecule has 106 valence electrons. The van der Waals surface area contributed by atoms with Crippen molar-refractivity contribution in [2.75, 3.05) is 0 Å². The SMILES string of the molecule is c1cc2nc(C3CCCC3)[nH]c2cc1CNC1CCC1. The van der Waals surface area contributed by atoms with Gasteiger partial charge >= 0.3 is 0 Å². The van der Waals surface area contributed by atoms with Crippen LogP contribution in [-0.4, -0.2) is 16.0 Å². The minimum absolute atomic E-state index is 0.666. The molecule has 4 rings (SSSR count). The summed E-state index contributed by atoms with van der Waals surface area (Å²) in [4.78, 5) is 8.34. The number of hydrogen-bond acceptors (Lipinski definition) is 2. The van der Waals surface area contributed by atoms with E-state index in [0.29, 0.717) is 5.92 Å². The molecule has 2 aliphatic rings. The second-order valence-electron chi connectivity index (χ2n) is 6.46. The highest BCUT2D eigenvalue weighted by Gasteiger charge is 2.20. The summed E-state index contributed by atoms with van der Waals surface area (Å²) in [5.41, 5.74) is 3.70. The smallest absolute Gasteiger partial charge is 0.110 e. The fourth-order valence-corrected chi connectivity index (χ4v) is 3.45. The summed E-state index contributed by atoms with van der Waals surface area (Å²) in [6.45, 7) is 0.985. The van der Waals surface area contributed by atoms with Crippen molar-refractivity contribution in [1.82, 2.24) is 15.3 Å². The fourth-order valence-electron chi connectivity index (χ4n) is 3.45. The maximum atomic E-state index is 4.78. The van der Waals surface area contributed by atoms with Crippen molar-refractivity contribution in [3.8, 4) is 0 Å². The van der Waals surface area contributed by atoms with Crippen molar-refractivity contribution in [1.29, 1.82) is 0 Å². The number of rotatable bonds is 4. The summed E-state index contributed by atoms with van der Waals surface area (Å²) >= 11 is 0. The van der Waals surface area contributed by atoms with Gasteiger partial charge in [0.1, 0.15) is 5.82 Å². The molecule has 3 nitrogen and oxygen atoms in total. The van der Waals surface area contributed by atoms with Crippen LogP contribution in [-0.2, 0) is 6.54 Å². The first kappa shape index (κ1) is 12.4. The predicted octanol–water partition coefficient (Wildman–Crippen LogP) is 3.86. The minimum Gasteiger partial charge on any atom is -0.342 e. The molecule has 0 saturated heterocycles. The number of imidazole rings is 1. The van der Waals surface area contributed by atoms with Gasteiger partial charge in [0.2, 0.25) is 0 Å². The van der Waals surface area contributed by atoms with Gasteiger partial charge in [-0.25, -0.2) is 4.98 Å². The van der Waals surface area contributed by atoms with Crippen molar-refractivity contribution in [3.63, 3.8) is 0 Å². The highest BCUT2D eigenvalue weighted by molar-refractivity contribution is 5.76. The molecule has 1 heterocycles. The number of benzene rings is 1. The molecule has 2 aliphatic carbocycles. The average Bonchev–Trinajstić information content (AvgIpc) is 3.05. The largest absolute Gasteiger partial charge is 0.342 e. The van der Waals surface area contributed by atoms with E-state index in [0.717, 1.165) is 18.1 Å². The van der Waals surface area contributed by atoms with Crippen LogP contribution in [0.2, 0.25) is 0 Å². The third-order valence-electron chi connectivity index (χ3n) is 5.01. The van der Waals surface area contributed by atoms with Gasteiger partial charge in [0.25, 0.3) is 0 Å². The Balaban J connectivity index is 1.52. The molecule has 2 aromatic rings. The Morgan fingerprint density at radius 1 is 1.10 bits per heavy atom. The fraction of sp³-hybridized carbons (Fsp3) is 0.588. The number of hydrogen-bond donors (Lipinski definition) is 2. The van der Waals surface area contributed by atoms with E-state index in [9.17, 15) is 0 Å². The molecule has 3 heteroatoms. The van der Waals surface area contributed by atoms with E-state index in [1.807, 2.05) is 0 Å². The summed E-state index contributed by atoms with van der Waals surface area (Å²) in [5, 5.41) is 3.63. The summed E-state index contributed by atoms with van der Waals surface area (Å²) < 4.78 is 0. The third-order valence-corrected chi connectivity index (χ3v) is 5.01. The lowest BCUT2D eigenvalue weighted by Gasteiger charge is -2.26. The summed E-state index contributed by atoms with van der Waals surface area (Å²) in [7, 11) is 0. The topological polar surface area (TPSA) is 40.7 Å². The van der Waals surface area contributed by atoms with Crippen LogP contribution in [0, 0.1) is 0 Å². The molecule has 2 N–H and O–H groups in total. The van der Waals surface area contributed by atoms with Gasteiger partial charge in [-0.1, -0.05) is 25.3 Å². The zero-order valence-corrected chi connectivity index (χ0v) is 12.0. The highest BCUT2D eigenvalue weighted by Crippen LogP contribution is 2.33. The van der Waals surface area contributed by atoms with Gasteiger partial charge in [-0.05, 0) is 43.4 Å². The first-order chi connectivity index (χ1) is 9.88. The van der Waals surface area contributed by atoms with Crippen molar-refractivity contribution >= 4 is 11.0 Å². The lowest BCUT2D eigenvalue weighted by Crippen LogP contribution is -2.34. The van der Waals surface area contributed by atoms with Crippen LogP contribution in [0.4, 0.5) is 0 Å². The number of fused-ring (bicyclic) bond motifs is 1. The Kier molecular flexibility index (Phi) is 3.23. The standard InChI is InChI=1S/C17H23N3/c1-2-5-13(4-1)17-19-15-9-8-12(10-16(15)20-17)11-18-14-6-3-7-14/h8-10,13-14,18H,1-7,11H2,(H,19,20). The molecule has 20 heavy (non-hydrogen) atoms. The van der Waals surface area contributed by atoms with Crippen LogP contribution in [0.5, 0.6) is 0 Å². The van der Waals surface area contributed by atoms with Crippen LogP contribution < -0.4 is 5.32 Å². The summed E-state index contributed by atoms with van der Waals surface area (Å²) in [5.74, 6) is 1.88. The number of nitrogens with one attached hydrogen (secondary N) is 2. The monoisotopic (exact) mass is 269 g/mol. The molecule has 0 bridgehead atoms. The number of H-pyrrole nitrogens is 1. The molecule has 2 saturated carbocycles. The van der Waals surface area contributed by atoms with Gasteiger partial charge in [-0.2, -0.15) is 0 Å². The molecule has 2 fully saturated rings. The number of nitrogens with zero attached hydrogens (tertiary/aromatic N) is 1. The molecular formula is C17H23N3. The zero-order valence-electron chi connectivity index (χ0n) is 12.0. The molecule has 0 aliphatic heterocycles. The molecule has 1 aromatic carbocycles. The number of aromatic nitrogens is 2. The van der Waals surface area contributed by atoms with E-state index in [1.54, 1.807) is 0 Å². The van der Waals surface area contributed by atoms with E-state index in [-0.39, 0.29) is 0 Å². The molecule has 0 atom stereocenters. The van der Waals surface area contributed by atoms with E-state index in [4.69, 9.17) is 4.98 Å². The van der Waals surface area contributed by atoms with Crippen molar-refractivity contribution in [2.45, 2.75) is 63.5 Å². The molecule has 0 unspecified atom stereocenters. The van der Waals surface area contributed by atoms with E-state index in [2.05, 4.69) is 28.5 Å². The second kappa shape index (κ2) is 5.21. The van der Waals surface area contributed by atoms with Gasteiger partial charge in [-0.15, -0.1) is 0 Å². The molecule has 0 amide bonds. The third kappa shape index (κ3) is 2.35. The Labute approximate surface area is 120 Å². The van der Waals surface area contributed by atoms with Crippen molar-refractivity contribution in [2.24, 2.45) is 0 Å². The van der Waals surface area contributed by atoms with Gasteiger partial charge in [0.05, 0.1) is 11.0 Å². The minimum atomic E-state index is 0.666. The second-order valence-corrected chi connectivity index (χ2v) is 6.46. The summed E-state index contributed by atoms with van der Waals surface area (Å²) in [6, 6.07) is 7.41. The van der Waals surface area contributed by atoms with Gasteiger partial charge in [-0.3, -0.25) is 0 Å². The van der Waals surface area contributed by atoms with E-state index in [1.165, 1.54) is 61.9 Å². The van der Waals surface area contributed by atoms with E-state index < -0.39 is 0 Å². The number of aromatic amines is 1. The van der Waals surface area contributed by atoms with Gasteiger partial charge in [0, 0.05) is 18.5 Å². The highest BCUT2D eigenvalue weighted by atomic mass is 14.9. The van der Waals surface area contributed by atoms with Crippen LogP contribution in [0.25, 0.3) is 11.0 Å². The van der Waals surface area contributed by atoms with Crippen LogP contribution >= 0.6 is 0 Å². The van der Waals surface area contributed by atoms with Crippen LogP contribution in [0.15, 0.2) is 18.2 Å². The first-order valence-electron chi connectivity index (χ1n) is 8.10. The average molecular weight is 269 g/mol. The van der Waals surface area contributed by atoms with Crippen molar-refractivity contribution in [3.05, 3.63) is 29.6 Å². The summed E-state index contributed by atoms with van der Waals surface area (Å²) in [6.07, 6.45) is 9.40. The molecule has 0 spiro atoms. The Morgan fingerprint density at radius 2 is 1.95 bits per heavy atom. The lowest BCUT2D eigenvalue weighted by molar-refractivity contribution is 0.338. The quantitative estimate of drug-likeness (QED) is 0.884. The predicted molar refractivity (Wildman–Crippen MR) is 81.8 cm³/mol. The van der Waals surface area contributed by atoms with Crippen LogP contribution in [0.3, 0.4) is 0 Å². The maximum Gasteiger partial charge on any atom is 0.110 e. The molecule has 0 radical (unpaired) electrons. The Bertz CT molecular complexity index is 591. The van der Waals surface area contributed by atoms with Gasteiger partial charge in [0.15, 0.2) is 0 Å². The Morgan fingerprint density at radius 3 is 2.70 bits per heavy atom. The zero-order chi connectivity index (χ0) is 13.4. The molecule has 1 aromatic heterocycles.